The van der Waals surface area contributed by atoms with Crippen LogP contribution in [0.15, 0.2) is 85.5 Å². The van der Waals surface area contributed by atoms with Crippen LogP contribution in [0.5, 0.6) is 23.0 Å². The molecule has 0 saturated heterocycles. The highest BCUT2D eigenvalue weighted by Gasteiger charge is 2.09. The number of carbonyl (C=O) groups is 3. The van der Waals surface area contributed by atoms with Gasteiger partial charge >= 0.3 is 5.97 Å². The van der Waals surface area contributed by atoms with E-state index in [2.05, 4.69) is 13.5 Å². The number of aromatic hydroxyl groups is 1. The van der Waals surface area contributed by atoms with Gasteiger partial charge in [-0.05, 0) is 105 Å². The standard InChI is InChI=1S/C19H22O5.C13H18O2.C3H4O/c20-13-3-1-2-4-14-23-17-9-5-15(6-10-17)19(22)24-18-11-7-16(21)8-12-18;1-2-3-4-5-10-15-13-8-6-12(11-14)7-9-13;1-2-3-4/h5-12,20-21H,1-4,13-14H2;6-9,11H,2-5,10H2,1H3;2-3H,1H2. The molecule has 0 heterocycles. The summed E-state index contributed by atoms with van der Waals surface area (Å²) in [6.45, 7) is 6.92. The van der Waals surface area contributed by atoms with Crippen molar-refractivity contribution in [3.8, 4) is 23.0 Å². The molecule has 0 amide bonds. The van der Waals surface area contributed by atoms with Crippen LogP contribution in [0, 0.1) is 0 Å². The number of carbonyl (C=O) groups excluding carboxylic acids is 3. The Kier molecular flexibility index (Phi) is 20.6. The van der Waals surface area contributed by atoms with Gasteiger partial charge in [0.05, 0.1) is 18.8 Å². The average molecular weight is 593 g/mol. The van der Waals surface area contributed by atoms with E-state index >= 15 is 0 Å². The van der Waals surface area contributed by atoms with Crippen LogP contribution in [0.1, 0.15) is 79.0 Å². The van der Waals surface area contributed by atoms with E-state index in [1.807, 2.05) is 12.1 Å². The molecule has 8 heteroatoms. The molecule has 3 aromatic carbocycles. The Morgan fingerprint density at radius 2 is 1.21 bits per heavy atom. The van der Waals surface area contributed by atoms with E-state index in [1.54, 1.807) is 36.4 Å². The van der Waals surface area contributed by atoms with Gasteiger partial charge in [0.2, 0.25) is 0 Å². The van der Waals surface area contributed by atoms with Crippen molar-refractivity contribution >= 4 is 18.5 Å². The summed E-state index contributed by atoms with van der Waals surface area (Å²) in [5.41, 5.74) is 1.12. The highest BCUT2D eigenvalue weighted by molar-refractivity contribution is 5.91. The number of aliphatic hydroxyl groups excluding tert-OH is 1. The van der Waals surface area contributed by atoms with Crippen LogP contribution in [0.4, 0.5) is 0 Å². The second-order valence-electron chi connectivity index (χ2n) is 9.36. The fraction of sp³-hybridized carbons (Fsp3) is 0.343. The maximum absolute atomic E-state index is 12.0. The van der Waals surface area contributed by atoms with E-state index < -0.39 is 5.97 Å². The molecule has 0 radical (unpaired) electrons. The monoisotopic (exact) mass is 592 g/mol. The average Bonchev–Trinajstić information content (AvgIpc) is 3.04. The molecule has 43 heavy (non-hydrogen) atoms. The lowest BCUT2D eigenvalue weighted by Gasteiger charge is -2.07. The molecule has 0 aliphatic heterocycles. The maximum Gasteiger partial charge on any atom is 0.343 e. The summed E-state index contributed by atoms with van der Waals surface area (Å²) < 4.78 is 16.4. The van der Waals surface area contributed by atoms with E-state index in [-0.39, 0.29) is 12.4 Å². The minimum Gasteiger partial charge on any atom is -0.508 e. The van der Waals surface area contributed by atoms with Gasteiger partial charge in [-0.2, -0.15) is 0 Å². The van der Waals surface area contributed by atoms with Crippen LogP contribution < -0.4 is 14.2 Å². The lowest BCUT2D eigenvalue weighted by molar-refractivity contribution is -0.104. The first-order valence-electron chi connectivity index (χ1n) is 14.6. The normalized spacial score (nSPS) is 9.72. The number of aliphatic hydroxyl groups is 1. The number of unbranched alkanes of at least 4 members (excludes halogenated alkanes) is 6. The number of phenolic OH excluding ortho intramolecular Hbond substituents is 1. The SMILES string of the molecule is C=CC=O.CCCCCCOc1ccc(C=O)cc1.O=C(Oc1ccc(O)cc1)c1ccc(OCCCCCCO)cc1. The van der Waals surface area contributed by atoms with Gasteiger partial charge in [0.15, 0.2) is 0 Å². The third-order valence-corrected chi connectivity index (χ3v) is 5.84. The van der Waals surface area contributed by atoms with Gasteiger partial charge in [0.1, 0.15) is 35.6 Å². The fourth-order valence-electron chi connectivity index (χ4n) is 3.49. The van der Waals surface area contributed by atoms with Crippen LogP contribution in [0.2, 0.25) is 0 Å². The van der Waals surface area contributed by atoms with Crippen molar-refractivity contribution in [2.75, 3.05) is 19.8 Å². The number of rotatable bonds is 17. The molecule has 8 nitrogen and oxygen atoms in total. The van der Waals surface area contributed by atoms with Gasteiger partial charge in [0.25, 0.3) is 0 Å². The third kappa shape index (κ3) is 17.9. The number of ether oxygens (including phenoxy) is 3. The molecule has 0 atom stereocenters. The quantitative estimate of drug-likeness (QED) is 0.0548. The van der Waals surface area contributed by atoms with Crippen LogP contribution >= 0.6 is 0 Å². The van der Waals surface area contributed by atoms with E-state index in [9.17, 15) is 14.7 Å². The molecule has 0 saturated carbocycles. The Morgan fingerprint density at radius 3 is 1.70 bits per heavy atom. The summed E-state index contributed by atoms with van der Waals surface area (Å²) in [6.07, 6.45) is 11.3. The predicted molar refractivity (Wildman–Crippen MR) is 168 cm³/mol. The van der Waals surface area contributed by atoms with Gasteiger partial charge in [-0.1, -0.05) is 39.2 Å². The van der Waals surface area contributed by atoms with Gasteiger partial charge in [-0.3, -0.25) is 9.59 Å². The highest BCUT2D eigenvalue weighted by Crippen LogP contribution is 2.19. The van der Waals surface area contributed by atoms with Gasteiger partial charge in [0, 0.05) is 12.2 Å². The molecular formula is C35H44O8. The second-order valence-corrected chi connectivity index (χ2v) is 9.36. The Balaban J connectivity index is 0.000000415. The largest absolute Gasteiger partial charge is 0.508 e. The molecule has 0 aliphatic carbocycles. The van der Waals surface area contributed by atoms with E-state index in [0.717, 1.165) is 50.7 Å². The number of allylic oxidation sites excluding steroid dienone is 1. The first-order chi connectivity index (χ1) is 21.0. The fourth-order valence-corrected chi connectivity index (χ4v) is 3.49. The van der Waals surface area contributed by atoms with Crippen molar-refractivity contribution in [2.45, 2.75) is 58.3 Å². The molecule has 3 aromatic rings. The number of phenols is 1. The van der Waals surface area contributed by atoms with Crippen molar-refractivity contribution in [3.63, 3.8) is 0 Å². The number of esters is 1. The smallest absolute Gasteiger partial charge is 0.343 e. The Morgan fingerprint density at radius 1 is 0.721 bits per heavy atom. The summed E-state index contributed by atoms with van der Waals surface area (Å²) in [5, 5.41) is 17.9. The molecule has 0 spiro atoms. The zero-order chi connectivity index (χ0) is 31.5. The zero-order valence-corrected chi connectivity index (χ0v) is 25.0. The third-order valence-electron chi connectivity index (χ3n) is 5.84. The second kappa shape index (κ2) is 24.2. The number of aldehydes is 2. The topological polar surface area (TPSA) is 119 Å². The van der Waals surface area contributed by atoms with Crippen molar-refractivity contribution < 1.29 is 38.8 Å². The lowest BCUT2D eigenvalue weighted by Crippen LogP contribution is -2.08. The zero-order valence-electron chi connectivity index (χ0n) is 25.0. The molecular weight excluding hydrogens is 548 g/mol. The molecule has 0 aliphatic rings. The molecule has 0 fully saturated rings. The number of hydrogen-bond acceptors (Lipinski definition) is 8. The summed E-state index contributed by atoms with van der Waals surface area (Å²) in [4.78, 5) is 31.5. The minimum atomic E-state index is -0.462. The van der Waals surface area contributed by atoms with Crippen LogP contribution in [0.3, 0.4) is 0 Å². The first kappa shape index (κ1) is 36.6. The van der Waals surface area contributed by atoms with Crippen molar-refractivity contribution in [1.29, 1.82) is 0 Å². The Hall–Kier alpha value is -4.43. The minimum absolute atomic E-state index is 0.118. The van der Waals surface area contributed by atoms with E-state index in [4.69, 9.17) is 24.1 Å². The van der Waals surface area contributed by atoms with Crippen LogP contribution in [-0.2, 0) is 4.79 Å². The van der Waals surface area contributed by atoms with Crippen LogP contribution in [0.25, 0.3) is 0 Å². The Labute approximate surface area is 254 Å². The molecule has 3 rings (SSSR count). The maximum atomic E-state index is 12.0. The molecule has 0 aromatic heterocycles. The Bertz CT molecular complexity index is 1150. The number of benzene rings is 3. The highest BCUT2D eigenvalue weighted by atomic mass is 16.5. The summed E-state index contributed by atoms with van der Waals surface area (Å²) in [5.74, 6) is 1.58. The summed E-state index contributed by atoms with van der Waals surface area (Å²) in [6, 6.07) is 20.0. The molecule has 0 bridgehead atoms. The van der Waals surface area contributed by atoms with E-state index in [1.165, 1.54) is 49.6 Å². The van der Waals surface area contributed by atoms with Gasteiger partial charge < -0.3 is 24.4 Å². The molecule has 2 N–H and O–H groups in total. The first-order valence-corrected chi connectivity index (χ1v) is 14.6. The molecule has 0 unspecified atom stereocenters. The molecule has 232 valence electrons. The lowest BCUT2D eigenvalue weighted by atomic mass is 10.2. The van der Waals surface area contributed by atoms with E-state index in [0.29, 0.717) is 35.5 Å². The van der Waals surface area contributed by atoms with Gasteiger partial charge in [-0.15, -0.1) is 0 Å². The summed E-state index contributed by atoms with van der Waals surface area (Å²) in [7, 11) is 0. The van der Waals surface area contributed by atoms with Gasteiger partial charge in [-0.25, -0.2) is 4.79 Å². The van der Waals surface area contributed by atoms with Crippen molar-refractivity contribution in [2.24, 2.45) is 0 Å². The van der Waals surface area contributed by atoms with Crippen LogP contribution in [-0.4, -0.2) is 48.6 Å². The van der Waals surface area contributed by atoms with Crippen molar-refractivity contribution in [3.05, 3.63) is 96.6 Å². The van der Waals surface area contributed by atoms with Crippen molar-refractivity contribution in [1.82, 2.24) is 0 Å². The predicted octanol–water partition coefficient (Wildman–Crippen LogP) is 7.37. The summed E-state index contributed by atoms with van der Waals surface area (Å²) >= 11 is 0. The number of hydrogen-bond donors (Lipinski definition) is 2.